The van der Waals surface area contributed by atoms with Crippen LogP contribution in [-0.4, -0.2) is 16.8 Å². The van der Waals surface area contributed by atoms with Gasteiger partial charge in [0.1, 0.15) is 5.25 Å². The van der Waals surface area contributed by atoms with Crippen LogP contribution in [-0.2, 0) is 4.79 Å². The van der Waals surface area contributed by atoms with Crippen LogP contribution in [0.4, 0.5) is 11.4 Å². The first-order chi connectivity index (χ1) is 15.2. The number of pyridine rings is 1. The number of amides is 2. The maximum absolute atomic E-state index is 13.1. The molecule has 0 aliphatic heterocycles. The van der Waals surface area contributed by atoms with Gasteiger partial charge in [0.05, 0.1) is 6.26 Å². The summed E-state index contributed by atoms with van der Waals surface area (Å²) >= 11 is 1.41. The van der Waals surface area contributed by atoms with Crippen molar-refractivity contribution in [1.82, 2.24) is 4.98 Å². The van der Waals surface area contributed by atoms with Crippen molar-refractivity contribution in [2.75, 3.05) is 10.6 Å². The van der Waals surface area contributed by atoms with E-state index in [0.29, 0.717) is 11.4 Å². The molecule has 0 saturated carbocycles. The number of hydrogen-bond donors (Lipinski definition) is 2. The molecule has 1 unspecified atom stereocenters. The lowest BCUT2D eigenvalue weighted by atomic mass is 10.1. The number of nitrogens with one attached hydrogen (secondary N) is 2. The number of anilines is 2. The van der Waals surface area contributed by atoms with Gasteiger partial charge in [-0.15, -0.1) is 11.8 Å². The van der Waals surface area contributed by atoms with Gasteiger partial charge in [-0.2, -0.15) is 0 Å². The number of aromatic nitrogens is 1. The highest BCUT2D eigenvalue weighted by molar-refractivity contribution is 8.00. The molecular formula is C24H19N3O3S. The summed E-state index contributed by atoms with van der Waals surface area (Å²) in [5.41, 5.74) is 2.18. The largest absolute Gasteiger partial charge is 0.459 e. The second-order valence-electron chi connectivity index (χ2n) is 6.59. The monoisotopic (exact) mass is 429 g/mol. The second kappa shape index (κ2) is 9.77. The Morgan fingerprint density at radius 2 is 1.65 bits per heavy atom. The van der Waals surface area contributed by atoms with Crippen LogP contribution in [0.1, 0.15) is 21.4 Å². The quantitative estimate of drug-likeness (QED) is 0.384. The lowest BCUT2D eigenvalue weighted by Gasteiger charge is -2.17. The lowest BCUT2D eigenvalue weighted by Crippen LogP contribution is -2.19. The smallest absolute Gasteiger partial charge is 0.291 e. The van der Waals surface area contributed by atoms with Crippen molar-refractivity contribution in [3.8, 4) is 0 Å². The number of rotatable bonds is 7. The van der Waals surface area contributed by atoms with E-state index in [1.54, 1.807) is 42.7 Å². The summed E-state index contributed by atoms with van der Waals surface area (Å²) in [6.07, 6.45) is 4.71. The molecule has 4 rings (SSSR count). The molecule has 0 fully saturated rings. The average molecular weight is 430 g/mol. The predicted octanol–water partition coefficient (Wildman–Crippen LogP) is 5.40. The summed E-state index contributed by atoms with van der Waals surface area (Å²) in [7, 11) is 0. The maximum Gasteiger partial charge on any atom is 0.291 e. The minimum atomic E-state index is -0.481. The third-order valence-electron chi connectivity index (χ3n) is 4.38. The minimum Gasteiger partial charge on any atom is -0.459 e. The molecule has 0 spiro atoms. The van der Waals surface area contributed by atoms with E-state index in [9.17, 15) is 9.59 Å². The molecule has 4 aromatic rings. The van der Waals surface area contributed by atoms with Crippen molar-refractivity contribution in [3.63, 3.8) is 0 Å². The van der Waals surface area contributed by atoms with Gasteiger partial charge in [-0.1, -0.05) is 36.4 Å². The average Bonchev–Trinajstić information content (AvgIpc) is 3.34. The van der Waals surface area contributed by atoms with Gasteiger partial charge in [0.15, 0.2) is 5.76 Å². The van der Waals surface area contributed by atoms with Gasteiger partial charge in [-0.05, 0) is 48.0 Å². The number of carbonyl (C=O) groups is 2. The maximum atomic E-state index is 13.1. The highest BCUT2D eigenvalue weighted by Gasteiger charge is 2.22. The van der Waals surface area contributed by atoms with Crippen LogP contribution in [0.2, 0.25) is 0 Å². The third kappa shape index (κ3) is 5.40. The topological polar surface area (TPSA) is 84.2 Å². The number of furan rings is 1. The van der Waals surface area contributed by atoms with Crippen molar-refractivity contribution < 1.29 is 14.0 Å². The molecule has 0 radical (unpaired) electrons. The van der Waals surface area contributed by atoms with Gasteiger partial charge in [-0.3, -0.25) is 14.6 Å². The fourth-order valence-corrected chi connectivity index (χ4v) is 4.01. The lowest BCUT2D eigenvalue weighted by molar-refractivity contribution is -0.115. The first-order valence-corrected chi connectivity index (χ1v) is 10.4. The molecule has 0 bridgehead atoms. The molecule has 2 N–H and O–H groups in total. The van der Waals surface area contributed by atoms with Crippen LogP contribution in [0.5, 0.6) is 0 Å². The van der Waals surface area contributed by atoms with E-state index in [2.05, 4.69) is 15.6 Å². The Hall–Kier alpha value is -3.84. The van der Waals surface area contributed by atoms with Gasteiger partial charge in [0.25, 0.3) is 5.91 Å². The Labute approximate surface area is 183 Å². The van der Waals surface area contributed by atoms with Gasteiger partial charge in [0.2, 0.25) is 5.91 Å². The summed E-state index contributed by atoms with van der Waals surface area (Å²) in [5, 5.41) is 5.28. The molecule has 31 heavy (non-hydrogen) atoms. The highest BCUT2D eigenvalue weighted by Crippen LogP contribution is 2.37. The van der Waals surface area contributed by atoms with Crippen LogP contribution >= 0.6 is 11.8 Å². The van der Waals surface area contributed by atoms with Crippen LogP contribution in [0, 0.1) is 0 Å². The zero-order valence-electron chi connectivity index (χ0n) is 16.4. The summed E-state index contributed by atoms with van der Waals surface area (Å²) in [5.74, 6) is -0.244. The molecule has 2 aromatic carbocycles. The molecular weight excluding hydrogens is 410 g/mol. The summed E-state index contributed by atoms with van der Waals surface area (Å²) in [6.45, 7) is 0. The molecule has 7 heteroatoms. The molecule has 2 amide bonds. The molecule has 0 aliphatic carbocycles. The number of carbonyl (C=O) groups excluding carboxylic acids is 2. The second-order valence-corrected chi connectivity index (χ2v) is 7.77. The number of benzene rings is 2. The molecule has 2 aromatic heterocycles. The van der Waals surface area contributed by atoms with Gasteiger partial charge in [0, 0.05) is 28.7 Å². The Bertz CT molecular complexity index is 1150. The summed E-state index contributed by atoms with van der Waals surface area (Å²) in [6, 6.07) is 23.7. The zero-order chi connectivity index (χ0) is 21.5. The minimum absolute atomic E-state index is 0.146. The van der Waals surface area contributed by atoms with Crippen molar-refractivity contribution in [1.29, 1.82) is 0 Å². The van der Waals surface area contributed by atoms with Crippen molar-refractivity contribution in [2.45, 2.75) is 10.1 Å². The molecule has 2 heterocycles. The van der Waals surface area contributed by atoms with Gasteiger partial charge < -0.3 is 15.1 Å². The predicted molar refractivity (Wildman–Crippen MR) is 121 cm³/mol. The Morgan fingerprint density at radius 1 is 0.839 bits per heavy atom. The molecule has 0 saturated heterocycles. The van der Waals surface area contributed by atoms with E-state index in [-0.39, 0.29) is 17.6 Å². The molecule has 6 nitrogen and oxygen atoms in total. The Morgan fingerprint density at radius 3 is 2.39 bits per heavy atom. The Balaban J connectivity index is 1.54. The third-order valence-corrected chi connectivity index (χ3v) is 5.63. The van der Waals surface area contributed by atoms with E-state index in [4.69, 9.17) is 4.42 Å². The number of thioether (sulfide) groups is 1. The van der Waals surface area contributed by atoms with Crippen LogP contribution in [0.25, 0.3) is 0 Å². The fourth-order valence-electron chi connectivity index (χ4n) is 2.93. The molecule has 0 aliphatic rings. The SMILES string of the molecule is O=C(Nc1cccc(SC(C(=O)Nc2ccncc2)c2ccccc2)c1)c1ccco1. The number of hydrogen-bond acceptors (Lipinski definition) is 5. The zero-order valence-corrected chi connectivity index (χ0v) is 17.2. The van der Waals surface area contributed by atoms with Crippen molar-refractivity contribution >= 4 is 35.0 Å². The van der Waals surface area contributed by atoms with Gasteiger partial charge >= 0.3 is 0 Å². The summed E-state index contributed by atoms with van der Waals surface area (Å²) < 4.78 is 5.13. The van der Waals surface area contributed by atoms with Gasteiger partial charge in [-0.25, -0.2) is 0 Å². The van der Waals surface area contributed by atoms with Crippen LogP contribution in [0.3, 0.4) is 0 Å². The Kier molecular flexibility index (Phi) is 6.44. The fraction of sp³-hybridized carbons (Fsp3) is 0.0417. The van der Waals surface area contributed by atoms with E-state index in [1.807, 2.05) is 48.5 Å². The highest BCUT2D eigenvalue weighted by atomic mass is 32.2. The van der Waals surface area contributed by atoms with Crippen LogP contribution in [0.15, 0.2) is 107 Å². The standard InChI is InChI=1S/C24H19N3O3S/c28-23(21-10-5-15-30-21)27-19-8-4-9-20(16-19)31-22(17-6-2-1-3-7-17)24(29)26-18-11-13-25-14-12-18/h1-16,22H,(H,27,28)(H,25,26,29). The van der Waals surface area contributed by atoms with E-state index in [0.717, 1.165) is 10.5 Å². The first kappa shape index (κ1) is 20.4. The van der Waals surface area contributed by atoms with E-state index in [1.165, 1.54) is 18.0 Å². The number of nitrogens with zero attached hydrogens (tertiary/aromatic N) is 1. The van der Waals surface area contributed by atoms with Crippen LogP contribution < -0.4 is 10.6 Å². The molecule has 154 valence electrons. The van der Waals surface area contributed by atoms with E-state index >= 15 is 0 Å². The van der Waals surface area contributed by atoms with Crippen molar-refractivity contribution in [3.05, 3.63) is 109 Å². The van der Waals surface area contributed by atoms with Crippen molar-refractivity contribution in [2.24, 2.45) is 0 Å². The molecule has 1 atom stereocenters. The first-order valence-electron chi connectivity index (χ1n) is 9.56. The summed E-state index contributed by atoms with van der Waals surface area (Å²) in [4.78, 5) is 30.2. The normalized spacial score (nSPS) is 11.5. The van der Waals surface area contributed by atoms with E-state index < -0.39 is 5.25 Å².